The molecule has 2 aliphatic rings. The SMILES string of the molecule is O=C(c1ccc2c(c1)OCO2)N1CCN(Cc2c(-c3ccc(Cl)cc3)nc3ccccn23)CC1. The highest BCUT2D eigenvalue weighted by atomic mass is 35.5. The van der Waals surface area contributed by atoms with Crippen LogP contribution in [0, 0.1) is 0 Å². The van der Waals surface area contributed by atoms with Crippen molar-refractivity contribution >= 4 is 23.2 Å². The van der Waals surface area contributed by atoms with Crippen LogP contribution in [0.3, 0.4) is 0 Å². The lowest BCUT2D eigenvalue weighted by Crippen LogP contribution is -2.48. The number of pyridine rings is 1. The van der Waals surface area contributed by atoms with Crippen LogP contribution in [0.25, 0.3) is 16.9 Å². The Bertz CT molecular complexity index is 1360. The molecule has 1 amide bonds. The van der Waals surface area contributed by atoms with E-state index in [1.165, 1.54) is 0 Å². The summed E-state index contributed by atoms with van der Waals surface area (Å²) in [5.41, 5.74) is 4.68. The Morgan fingerprint density at radius 2 is 1.74 bits per heavy atom. The van der Waals surface area contributed by atoms with Crippen LogP contribution < -0.4 is 9.47 Å². The number of carbonyl (C=O) groups excluding carboxylic acids is 1. The zero-order valence-corrected chi connectivity index (χ0v) is 19.2. The van der Waals surface area contributed by atoms with Crippen molar-refractivity contribution in [1.82, 2.24) is 19.2 Å². The average molecular weight is 475 g/mol. The van der Waals surface area contributed by atoms with Gasteiger partial charge in [-0.3, -0.25) is 9.69 Å². The number of imidazole rings is 1. The van der Waals surface area contributed by atoms with Crippen LogP contribution in [-0.2, 0) is 6.54 Å². The second kappa shape index (κ2) is 8.66. The third-order valence-corrected chi connectivity index (χ3v) is 6.65. The molecule has 2 aromatic carbocycles. The lowest BCUT2D eigenvalue weighted by atomic mass is 10.1. The molecule has 4 aromatic rings. The van der Waals surface area contributed by atoms with Gasteiger partial charge in [0.05, 0.1) is 11.4 Å². The number of carbonyl (C=O) groups is 1. The van der Waals surface area contributed by atoms with Crippen molar-refractivity contribution in [3.05, 3.63) is 83.1 Å². The zero-order valence-electron chi connectivity index (χ0n) is 18.5. The molecule has 172 valence electrons. The van der Waals surface area contributed by atoms with E-state index in [1.54, 1.807) is 18.2 Å². The molecule has 0 unspecified atom stereocenters. The van der Waals surface area contributed by atoms with Crippen LogP contribution in [-0.4, -0.2) is 58.1 Å². The topological polar surface area (TPSA) is 59.3 Å². The predicted molar refractivity (Wildman–Crippen MR) is 129 cm³/mol. The summed E-state index contributed by atoms with van der Waals surface area (Å²) in [6, 6.07) is 19.2. The van der Waals surface area contributed by atoms with E-state index in [1.807, 2.05) is 47.4 Å². The molecule has 8 heteroatoms. The maximum atomic E-state index is 13.1. The lowest BCUT2D eigenvalue weighted by molar-refractivity contribution is 0.0626. The lowest BCUT2D eigenvalue weighted by Gasteiger charge is -2.34. The van der Waals surface area contributed by atoms with Gasteiger partial charge in [0.15, 0.2) is 11.5 Å². The Morgan fingerprint density at radius 1 is 0.941 bits per heavy atom. The molecular weight excluding hydrogens is 452 g/mol. The number of hydrogen-bond donors (Lipinski definition) is 0. The fourth-order valence-electron chi connectivity index (χ4n) is 4.57. The van der Waals surface area contributed by atoms with Gasteiger partial charge >= 0.3 is 0 Å². The third kappa shape index (κ3) is 3.87. The number of nitrogens with zero attached hydrogens (tertiary/aromatic N) is 4. The Hall–Kier alpha value is -3.55. The molecule has 1 fully saturated rings. The molecule has 0 spiro atoms. The quantitative estimate of drug-likeness (QED) is 0.440. The molecule has 2 aromatic heterocycles. The summed E-state index contributed by atoms with van der Waals surface area (Å²) in [5, 5.41) is 0.706. The molecule has 4 heterocycles. The largest absolute Gasteiger partial charge is 0.454 e. The maximum absolute atomic E-state index is 13.1. The summed E-state index contributed by atoms with van der Waals surface area (Å²) < 4.78 is 12.9. The first kappa shape index (κ1) is 21.0. The Kier molecular flexibility index (Phi) is 5.36. The smallest absolute Gasteiger partial charge is 0.254 e. The van der Waals surface area contributed by atoms with Gasteiger partial charge in [-0.25, -0.2) is 4.98 Å². The van der Waals surface area contributed by atoms with E-state index in [4.69, 9.17) is 26.1 Å². The molecule has 2 aliphatic heterocycles. The minimum atomic E-state index is 0.0228. The highest BCUT2D eigenvalue weighted by molar-refractivity contribution is 6.30. The fourth-order valence-corrected chi connectivity index (χ4v) is 4.70. The summed E-state index contributed by atoms with van der Waals surface area (Å²) >= 11 is 6.11. The highest BCUT2D eigenvalue weighted by Gasteiger charge is 2.25. The summed E-state index contributed by atoms with van der Waals surface area (Å²) in [6.07, 6.45) is 2.05. The van der Waals surface area contributed by atoms with Gasteiger partial charge in [0.2, 0.25) is 6.79 Å². The first-order valence-corrected chi connectivity index (χ1v) is 11.7. The van der Waals surface area contributed by atoms with Crippen LogP contribution in [0.15, 0.2) is 66.9 Å². The monoisotopic (exact) mass is 474 g/mol. The number of fused-ring (bicyclic) bond motifs is 2. The van der Waals surface area contributed by atoms with Crippen molar-refractivity contribution < 1.29 is 14.3 Å². The van der Waals surface area contributed by atoms with Crippen molar-refractivity contribution in [3.63, 3.8) is 0 Å². The molecule has 0 aliphatic carbocycles. The molecule has 0 radical (unpaired) electrons. The van der Waals surface area contributed by atoms with Crippen molar-refractivity contribution in [2.75, 3.05) is 33.0 Å². The maximum Gasteiger partial charge on any atom is 0.254 e. The van der Waals surface area contributed by atoms with Crippen LogP contribution in [0.1, 0.15) is 16.1 Å². The molecule has 34 heavy (non-hydrogen) atoms. The van der Waals surface area contributed by atoms with Crippen LogP contribution in [0.2, 0.25) is 5.02 Å². The number of halogens is 1. The van der Waals surface area contributed by atoms with E-state index in [0.29, 0.717) is 35.2 Å². The second-order valence-corrected chi connectivity index (χ2v) is 8.92. The number of benzene rings is 2. The van der Waals surface area contributed by atoms with Crippen molar-refractivity contribution in [2.45, 2.75) is 6.54 Å². The molecule has 0 bridgehead atoms. The van der Waals surface area contributed by atoms with Gasteiger partial charge in [-0.05, 0) is 42.5 Å². The van der Waals surface area contributed by atoms with Gasteiger partial charge in [0, 0.05) is 55.1 Å². The third-order valence-electron chi connectivity index (χ3n) is 6.40. The Labute approximate surface area is 202 Å². The van der Waals surface area contributed by atoms with Crippen molar-refractivity contribution in [3.8, 4) is 22.8 Å². The van der Waals surface area contributed by atoms with E-state index >= 15 is 0 Å². The van der Waals surface area contributed by atoms with Crippen LogP contribution >= 0.6 is 11.6 Å². The summed E-state index contributed by atoms with van der Waals surface area (Å²) in [5.74, 6) is 1.34. The van der Waals surface area contributed by atoms with Gasteiger partial charge in [0.25, 0.3) is 5.91 Å². The van der Waals surface area contributed by atoms with Crippen LogP contribution in [0.5, 0.6) is 11.5 Å². The minimum absolute atomic E-state index is 0.0228. The minimum Gasteiger partial charge on any atom is -0.454 e. The summed E-state index contributed by atoms with van der Waals surface area (Å²) in [6.45, 7) is 3.86. The molecule has 1 saturated heterocycles. The summed E-state index contributed by atoms with van der Waals surface area (Å²) in [4.78, 5) is 22.2. The van der Waals surface area contributed by atoms with Gasteiger partial charge in [0.1, 0.15) is 5.65 Å². The van der Waals surface area contributed by atoms with E-state index in [-0.39, 0.29) is 12.7 Å². The number of hydrogen-bond acceptors (Lipinski definition) is 5. The Morgan fingerprint density at radius 3 is 2.56 bits per heavy atom. The van der Waals surface area contributed by atoms with Crippen molar-refractivity contribution in [2.24, 2.45) is 0 Å². The molecule has 0 saturated carbocycles. The Balaban J connectivity index is 1.19. The number of amides is 1. The van der Waals surface area contributed by atoms with Crippen molar-refractivity contribution in [1.29, 1.82) is 0 Å². The molecule has 6 rings (SSSR count). The van der Waals surface area contributed by atoms with Crippen LogP contribution in [0.4, 0.5) is 0 Å². The van der Waals surface area contributed by atoms with Gasteiger partial charge in [-0.1, -0.05) is 29.8 Å². The van der Waals surface area contributed by atoms with E-state index in [2.05, 4.69) is 15.5 Å². The van der Waals surface area contributed by atoms with E-state index in [0.717, 1.165) is 42.2 Å². The first-order valence-electron chi connectivity index (χ1n) is 11.3. The standard InChI is InChI=1S/C26H23ClN4O3/c27-20-7-4-18(5-8-20)25-21(31-10-2-1-3-24(31)28-25)16-29-11-13-30(14-12-29)26(32)19-6-9-22-23(15-19)34-17-33-22/h1-10,15H,11-14,16-17H2. The van der Waals surface area contributed by atoms with Gasteiger partial charge in [-0.15, -0.1) is 0 Å². The zero-order chi connectivity index (χ0) is 23.1. The van der Waals surface area contributed by atoms with Gasteiger partial charge in [-0.2, -0.15) is 0 Å². The normalized spacial score (nSPS) is 15.7. The average Bonchev–Trinajstić information content (AvgIpc) is 3.49. The molecular formula is C26H23ClN4O3. The number of rotatable bonds is 4. The summed E-state index contributed by atoms with van der Waals surface area (Å²) in [7, 11) is 0. The predicted octanol–water partition coefficient (Wildman–Crippen LogP) is 4.34. The molecule has 0 atom stereocenters. The first-order chi connectivity index (χ1) is 16.7. The molecule has 7 nitrogen and oxygen atoms in total. The van der Waals surface area contributed by atoms with E-state index < -0.39 is 0 Å². The number of piperazine rings is 1. The number of aromatic nitrogens is 2. The fraction of sp³-hybridized carbons (Fsp3) is 0.231. The second-order valence-electron chi connectivity index (χ2n) is 8.48. The van der Waals surface area contributed by atoms with E-state index in [9.17, 15) is 4.79 Å². The van der Waals surface area contributed by atoms with Gasteiger partial charge < -0.3 is 18.8 Å². The highest BCUT2D eigenvalue weighted by Crippen LogP contribution is 2.33. The molecule has 0 N–H and O–H groups in total. The number of ether oxygens (including phenoxy) is 2.